The van der Waals surface area contributed by atoms with E-state index < -0.39 is 21.4 Å². The maximum absolute atomic E-state index is 16.9. The maximum Gasteiger partial charge on any atom is 0.172 e. The van der Waals surface area contributed by atoms with Crippen LogP contribution >= 0.6 is 21.4 Å². The Kier molecular flexibility index (Phi) is 9.69. The summed E-state index contributed by atoms with van der Waals surface area (Å²) in [6, 6.07) is 60.3. The molecule has 0 aliphatic heterocycles. The summed E-state index contributed by atoms with van der Waals surface area (Å²) < 4.78 is 49.0. The number of benzene rings is 7. The van der Waals surface area contributed by atoms with Crippen molar-refractivity contribution in [3.05, 3.63) is 194 Å². The largest absolute Gasteiger partial charge is 0.378 e. The fraction of sp³-hybridized carbons (Fsp3) is 0.0455. The summed E-state index contributed by atoms with van der Waals surface area (Å²) in [6.07, 6.45) is 0. The Hall–Kier alpha value is -4.97. The van der Waals surface area contributed by atoms with Crippen molar-refractivity contribution in [2.24, 2.45) is 0 Å². The number of hydrogen-bond donors (Lipinski definition) is 0. The molecule has 252 valence electrons. The second-order valence-corrected chi connectivity index (χ2v) is 20.7. The van der Waals surface area contributed by atoms with Crippen molar-refractivity contribution in [2.75, 3.05) is 19.0 Å². The summed E-state index contributed by atoms with van der Waals surface area (Å²) in [5, 5.41) is 5.04. The molecule has 0 saturated heterocycles. The lowest BCUT2D eigenvalue weighted by molar-refractivity contribution is 0.589. The van der Waals surface area contributed by atoms with Gasteiger partial charge in [0.2, 0.25) is 0 Å². The average Bonchev–Trinajstić information content (AvgIpc) is 3.21. The molecule has 0 saturated carbocycles. The van der Waals surface area contributed by atoms with E-state index in [0.717, 1.165) is 5.69 Å². The van der Waals surface area contributed by atoms with Crippen LogP contribution in [0.3, 0.4) is 0 Å². The Balaban J connectivity index is 1.60. The Labute approximate surface area is 300 Å². The summed E-state index contributed by atoms with van der Waals surface area (Å²) in [5.41, 5.74) is 0.949. The van der Waals surface area contributed by atoms with Crippen LogP contribution in [-0.2, 0) is 13.7 Å². The molecule has 0 N–H and O–H groups in total. The molecule has 0 aromatic heterocycles. The van der Waals surface area contributed by atoms with Crippen molar-refractivity contribution in [3.8, 4) is 0 Å². The normalized spacial score (nSPS) is 12.0. The van der Waals surface area contributed by atoms with E-state index in [0.29, 0.717) is 47.7 Å². The first kappa shape index (κ1) is 34.5. The lowest BCUT2D eigenvalue weighted by atomic mass is 10.3. The highest BCUT2D eigenvalue weighted by Gasteiger charge is 2.43. The van der Waals surface area contributed by atoms with Crippen molar-refractivity contribution in [2.45, 2.75) is 0 Å². The molecule has 0 radical (unpaired) electrons. The van der Waals surface area contributed by atoms with Crippen LogP contribution < -0.4 is 52.6 Å². The van der Waals surface area contributed by atoms with Crippen molar-refractivity contribution < 1.29 is 13.7 Å². The smallest absolute Gasteiger partial charge is 0.172 e. The van der Waals surface area contributed by atoms with Gasteiger partial charge >= 0.3 is 0 Å². The lowest BCUT2D eigenvalue weighted by Crippen LogP contribution is -2.43. The zero-order valence-corrected chi connectivity index (χ0v) is 31.2. The van der Waals surface area contributed by atoms with Crippen LogP contribution in [-0.4, -0.2) is 14.1 Å². The molecular weight excluding hydrogens is 683 g/mol. The van der Waals surface area contributed by atoms with Gasteiger partial charge in [0.05, 0.1) is 0 Å². The predicted octanol–water partition coefficient (Wildman–Crippen LogP) is 6.67. The summed E-state index contributed by atoms with van der Waals surface area (Å²) in [6.45, 7) is 0. The molecule has 0 bridgehead atoms. The third kappa shape index (κ3) is 6.09. The lowest BCUT2D eigenvalue weighted by Gasteiger charge is -2.30. The van der Waals surface area contributed by atoms with Crippen molar-refractivity contribution >= 4 is 74.9 Å². The molecule has 0 unspecified atom stereocenters. The minimum atomic E-state index is -3.94. The first-order valence-corrected chi connectivity index (χ1v) is 21.9. The summed E-state index contributed by atoms with van der Waals surface area (Å²) in [5.74, 6) is 0. The van der Waals surface area contributed by atoms with E-state index in [1.54, 1.807) is 0 Å². The molecule has 7 rings (SSSR count). The van der Waals surface area contributed by atoms with E-state index in [-0.39, 0.29) is 0 Å². The van der Waals surface area contributed by atoms with Gasteiger partial charge in [0.25, 0.3) is 0 Å². The second-order valence-electron chi connectivity index (χ2n) is 12.6. The van der Waals surface area contributed by atoms with Gasteiger partial charge in [-0.1, -0.05) is 170 Å². The van der Waals surface area contributed by atoms with E-state index in [1.165, 1.54) is 0 Å². The molecule has 0 fully saturated rings. The van der Waals surface area contributed by atoms with Crippen LogP contribution in [0.1, 0.15) is 0 Å². The molecule has 0 aliphatic rings. The third-order valence-electron chi connectivity index (χ3n) is 9.33. The Bertz CT molecular complexity index is 2180. The van der Waals surface area contributed by atoms with E-state index in [4.69, 9.17) is 0 Å². The molecule has 0 heterocycles. The van der Waals surface area contributed by atoms with Gasteiger partial charge in [-0.05, 0) is 24.3 Å². The van der Waals surface area contributed by atoms with Crippen LogP contribution in [0.4, 0.5) is 5.69 Å². The van der Waals surface area contributed by atoms with Gasteiger partial charge in [-0.15, -0.1) is 0 Å². The fourth-order valence-corrected chi connectivity index (χ4v) is 16.7. The molecule has 0 amide bonds. The van der Waals surface area contributed by atoms with E-state index in [2.05, 4.69) is 0 Å². The van der Waals surface area contributed by atoms with Gasteiger partial charge in [0.1, 0.15) is 0 Å². The Morgan fingerprint density at radius 1 is 0.294 bits per heavy atom. The topological polar surface area (TPSA) is 54.5 Å². The van der Waals surface area contributed by atoms with Crippen LogP contribution in [0.2, 0.25) is 0 Å². The SMILES string of the molecule is CN(C)c1ccc(P(=O)(c2ccccc2P(=O)(c2ccccc2)c2ccccc2)c2ccccc2P(=O)(c2ccccc2)c2ccccc2)cc1. The summed E-state index contributed by atoms with van der Waals surface area (Å²) >= 11 is 0. The van der Waals surface area contributed by atoms with Gasteiger partial charge in [0, 0.05) is 67.5 Å². The van der Waals surface area contributed by atoms with Gasteiger partial charge in [-0.3, -0.25) is 0 Å². The molecule has 0 spiro atoms. The van der Waals surface area contributed by atoms with Crippen molar-refractivity contribution in [3.63, 3.8) is 0 Å². The quantitative estimate of drug-likeness (QED) is 0.148. The molecule has 7 heteroatoms. The van der Waals surface area contributed by atoms with Crippen LogP contribution in [0.25, 0.3) is 0 Å². The average molecular weight is 722 g/mol. The van der Waals surface area contributed by atoms with Crippen LogP contribution in [0.15, 0.2) is 194 Å². The number of anilines is 1. The third-order valence-corrected chi connectivity index (χ3v) is 19.1. The van der Waals surface area contributed by atoms with Gasteiger partial charge in [-0.25, -0.2) is 0 Å². The molecule has 51 heavy (non-hydrogen) atoms. The highest BCUT2D eigenvalue weighted by molar-refractivity contribution is 7.93. The zero-order valence-electron chi connectivity index (χ0n) is 28.5. The van der Waals surface area contributed by atoms with Crippen molar-refractivity contribution in [1.29, 1.82) is 0 Å². The monoisotopic (exact) mass is 721 g/mol. The van der Waals surface area contributed by atoms with Crippen LogP contribution in [0.5, 0.6) is 0 Å². The predicted molar refractivity (Wildman–Crippen MR) is 219 cm³/mol. The molecule has 0 atom stereocenters. The van der Waals surface area contributed by atoms with Crippen molar-refractivity contribution in [1.82, 2.24) is 0 Å². The van der Waals surface area contributed by atoms with E-state index in [9.17, 15) is 0 Å². The first-order chi connectivity index (χ1) is 24.8. The standard InChI is InChI=1S/C44H38NO3P3/c1-45(2)35-31-33-40(34-32-35)51(48,43-29-17-15-27-41(43)49(46,36-19-7-3-8-20-36)37-21-9-4-10-22-37)44-30-18-16-28-42(44)50(47,38-23-11-5-12-24-38)39-25-13-6-14-26-39/h3-34H,1-2H3. The Morgan fingerprint density at radius 3 is 0.804 bits per heavy atom. The highest BCUT2D eigenvalue weighted by Crippen LogP contribution is 2.51. The summed E-state index contributed by atoms with van der Waals surface area (Å²) in [4.78, 5) is 1.99. The number of hydrogen-bond acceptors (Lipinski definition) is 4. The van der Waals surface area contributed by atoms with E-state index in [1.807, 2.05) is 213 Å². The van der Waals surface area contributed by atoms with E-state index >= 15 is 13.7 Å². The molecule has 7 aromatic rings. The zero-order chi connectivity index (χ0) is 35.5. The minimum absolute atomic E-state index is 0.457. The van der Waals surface area contributed by atoms with Gasteiger partial charge < -0.3 is 18.6 Å². The summed E-state index contributed by atoms with van der Waals surface area (Å²) in [7, 11) is -7.21. The Morgan fingerprint density at radius 2 is 0.529 bits per heavy atom. The van der Waals surface area contributed by atoms with Gasteiger partial charge in [-0.2, -0.15) is 0 Å². The molecular formula is C44H38NO3P3. The van der Waals surface area contributed by atoms with Crippen LogP contribution in [0, 0.1) is 0 Å². The number of rotatable bonds is 10. The maximum atomic E-state index is 16.9. The second kappa shape index (κ2) is 14.3. The minimum Gasteiger partial charge on any atom is -0.378 e. The molecule has 7 aromatic carbocycles. The first-order valence-electron chi connectivity index (χ1n) is 16.8. The molecule has 4 nitrogen and oxygen atoms in total. The number of nitrogens with zero attached hydrogens (tertiary/aromatic N) is 1. The van der Waals surface area contributed by atoms with Gasteiger partial charge in [0.15, 0.2) is 21.4 Å². The fourth-order valence-electron chi connectivity index (χ4n) is 6.77. The molecule has 0 aliphatic carbocycles. The highest BCUT2D eigenvalue weighted by atomic mass is 31.2.